The molecule has 18 heavy (non-hydrogen) atoms. The van der Waals surface area contributed by atoms with Gasteiger partial charge < -0.3 is 15.8 Å². The summed E-state index contributed by atoms with van der Waals surface area (Å²) < 4.78 is 9.59. The molecule has 6 heteroatoms. The van der Waals surface area contributed by atoms with Crippen LogP contribution in [0.3, 0.4) is 0 Å². The molecule has 0 spiro atoms. The van der Waals surface area contributed by atoms with E-state index >= 15 is 0 Å². The molecule has 0 radical (unpaired) electrons. The third-order valence-electron chi connectivity index (χ3n) is 2.52. The van der Waals surface area contributed by atoms with E-state index in [-0.39, 0.29) is 6.04 Å². The molecule has 0 amide bonds. The van der Waals surface area contributed by atoms with Crippen LogP contribution in [0.5, 0.6) is 5.75 Å². The van der Waals surface area contributed by atoms with E-state index in [4.69, 9.17) is 10.5 Å². The smallest absolute Gasteiger partial charge is 0.197 e. The third-order valence-corrected chi connectivity index (χ3v) is 3.29. The van der Waals surface area contributed by atoms with Crippen LogP contribution in [0.15, 0.2) is 24.5 Å². The van der Waals surface area contributed by atoms with Crippen molar-refractivity contribution in [2.75, 3.05) is 17.7 Å². The second kappa shape index (κ2) is 5.68. The van der Waals surface area contributed by atoms with Crippen molar-refractivity contribution in [1.29, 1.82) is 0 Å². The summed E-state index contributed by atoms with van der Waals surface area (Å²) in [6.45, 7) is 4.56. The lowest BCUT2D eigenvalue weighted by Crippen LogP contribution is -2.07. The van der Waals surface area contributed by atoms with Crippen LogP contribution in [0.2, 0.25) is 0 Å². The molecule has 2 aromatic rings. The van der Waals surface area contributed by atoms with Crippen LogP contribution >= 0.6 is 11.5 Å². The van der Waals surface area contributed by atoms with E-state index in [1.807, 2.05) is 19.1 Å². The van der Waals surface area contributed by atoms with Crippen LogP contribution in [0.1, 0.15) is 25.5 Å². The highest BCUT2D eigenvalue weighted by molar-refractivity contribution is 7.11. The summed E-state index contributed by atoms with van der Waals surface area (Å²) in [5.74, 6) is 1.08. The molecule has 3 N–H and O–H groups in total. The largest absolute Gasteiger partial charge is 0.487 e. The number of pyridine rings is 1. The molecule has 0 saturated heterocycles. The lowest BCUT2D eigenvalue weighted by molar-refractivity contribution is 0.344. The third kappa shape index (κ3) is 2.70. The maximum absolute atomic E-state index is 5.77. The first-order chi connectivity index (χ1) is 8.72. The van der Waals surface area contributed by atoms with Crippen LogP contribution in [-0.4, -0.2) is 16.0 Å². The van der Waals surface area contributed by atoms with Gasteiger partial charge in [-0.3, -0.25) is 4.98 Å². The summed E-state index contributed by atoms with van der Waals surface area (Å²) in [5.41, 5.74) is 6.92. The van der Waals surface area contributed by atoms with Gasteiger partial charge in [-0.2, -0.15) is 4.37 Å². The number of rotatable bonds is 5. The van der Waals surface area contributed by atoms with Crippen molar-refractivity contribution in [3.8, 4) is 5.75 Å². The zero-order valence-electron chi connectivity index (χ0n) is 10.4. The van der Waals surface area contributed by atoms with Gasteiger partial charge in [-0.15, -0.1) is 0 Å². The van der Waals surface area contributed by atoms with Gasteiger partial charge in [-0.25, -0.2) is 0 Å². The molecule has 0 aromatic carbocycles. The zero-order chi connectivity index (χ0) is 13.0. The molecule has 0 aliphatic rings. The zero-order valence-corrected chi connectivity index (χ0v) is 11.2. The average molecular weight is 264 g/mol. The molecule has 96 valence electrons. The molecule has 1 unspecified atom stereocenters. The SMILES string of the molecule is CCOc1c(N)nsc1NC(C)c1ccncc1. The van der Waals surface area contributed by atoms with Gasteiger partial charge in [0.25, 0.3) is 0 Å². The van der Waals surface area contributed by atoms with Gasteiger partial charge in [-0.1, -0.05) is 0 Å². The Balaban J connectivity index is 2.14. The predicted octanol–water partition coefficient (Wildman–Crippen LogP) is 2.69. The van der Waals surface area contributed by atoms with E-state index in [1.165, 1.54) is 11.5 Å². The normalized spacial score (nSPS) is 12.1. The van der Waals surface area contributed by atoms with Gasteiger partial charge >= 0.3 is 0 Å². The molecule has 0 aliphatic carbocycles. The summed E-state index contributed by atoms with van der Waals surface area (Å²) in [5, 5.41) is 4.22. The van der Waals surface area contributed by atoms with E-state index in [2.05, 4.69) is 21.6 Å². The number of nitrogens with one attached hydrogen (secondary N) is 1. The lowest BCUT2D eigenvalue weighted by atomic mass is 10.1. The Labute approximate surface area is 110 Å². The minimum absolute atomic E-state index is 0.145. The van der Waals surface area contributed by atoms with Gasteiger partial charge in [0.2, 0.25) is 0 Å². The van der Waals surface area contributed by atoms with Crippen LogP contribution in [0.4, 0.5) is 10.8 Å². The van der Waals surface area contributed by atoms with Gasteiger partial charge in [0.1, 0.15) is 0 Å². The molecule has 0 bridgehead atoms. The van der Waals surface area contributed by atoms with Gasteiger partial charge in [-0.05, 0) is 43.1 Å². The minimum Gasteiger partial charge on any atom is -0.487 e. The average Bonchev–Trinajstić information content (AvgIpc) is 2.73. The molecule has 0 aliphatic heterocycles. The molecule has 5 nitrogen and oxygen atoms in total. The van der Waals surface area contributed by atoms with Crippen molar-refractivity contribution < 1.29 is 4.74 Å². The maximum Gasteiger partial charge on any atom is 0.197 e. The molecular formula is C12H16N4OS. The highest BCUT2D eigenvalue weighted by Gasteiger charge is 2.15. The molecule has 2 rings (SSSR count). The first-order valence-corrected chi connectivity index (χ1v) is 6.54. The molecule has 2 aromatic heterocycles. The van der Waals surface area contributed by atoms with Crippen molar-refractivity contribution >= 4 is 22.4 Å². The first-order valence-electron chi connectivity index (χ1n) is 5.76. The van der Waals surface area contributed by atoms with Crippen molar-refractivity contribution in [3.05, 3.63) is 30.1 Å². The fraction of sp³-hybridized carbons (Fsp3) is 0.333. The monoisotopic (exact) mass is 264 g/mol. The number of ether oxygens (including phenoxy) is 1. The number of nitrogens with zero attached hydrogens (tertiary/aromatic N) is 2. The molecule has 1 atom stereocenters. The molecule has 0 fully saturated rings. The summed E-state index contributed by atoms with van der Waals surface area (Å²) in [6.07, 6.45) is 3.55. The first kappa shape index (κ1) is 12.6. The Morgan fingerprint density at radius 2 is 2.17 bits per heavy atom. The standard InChI is InChI=1S/C12H16N4OS/c1-3-17-10-11(13)16-18-12(10)15-8(2)9-4-6-14-7-5-9/h4-8,15H,3H2,1-2H3,(H2,13,16). The predicted molar refractivity (Wildman–Crippen MR) is 74.0 cm³/mol. The topological polar surface area (TPSA) is 73.1 Å². The number of nitrogens with two attached hydrogens (primary N) is 1. The number of aromatic nitrogens is 2. The summed E-state index contributed by atoms with van der Waals surface area (Å²) in [7, 11) is 0. The second-order valence-electron chi connectivity index (χ2n) is 3.81. The fourth-order valence-corrected chi connectivity index (χ4v) is 2.35. The van der Waals surface area contributed by atoms with E-state index < -0.39 is 0 Å². The van der Waals surface area contributed by atoms with Crippen LogP contribution in [0, 0.1) is 0 Å². The van der Waals surface area contributed by atoms with Gasteiger partial charge in [0, 0.05) is 18.4 Å². The van der Waals surface area contributed by atoms with Crippen molar-refractivity contribution in [3.63, 3.8) is 0 Å². The number of hydrogen-bond donors (Lipinski definition) is 2. The maximum atomic E-state index is 5.77. The van der Waals surface area contributed by atoms with E-state index in [0.29, 0.717) is 18.2 Å². The number of nitrogen functional groups attached to an aromatic ring is 1. The quantitative estimate of drug-likeness (QED) is 0.868. The Morgan fingerprint density at radius 3 is 2.83 bits per heavy atom. The Kier molecular flexibility index (Phi) is 3.99. The highest BCUT2D eigenvalue weighted by atomic mass is 32.1. The van der Waals surface area contributed by atoms with Gasteiger partial charge in [0.15, 0.2) is 16.6 Å². The Bertz CT molecular complexity index is 500. The molecule has 0 saturated carbocycles. The van der Waals surface area contributed by atoms with Crippen molar-refractivity contribution in [1.82, 2.24) is 9.36 Å². The number of hydrogen-bond acceptors (Lipinski definition) is 6. The lowest BCUT2D eigenvalue weighted by Gasteiger charge is -2.14. The second-order valence-corrected chi connectivity index (χ2v) is 4.58. The summed E-state index contributed by atoms with van der Waals surface area (Å²) in [4.78, 5) is 4.00. The Hall–Kier alpha value is -1.82. The fourth-order valence-electron chi connectivity index (χ4n) is 1.60. The van der Waals surface area contributed by atoms with Crippen LogP contribution in [0.25, 0.3) is 0 Å². The molecule has 2 heterocycles. The summed E-state index contributed by atoms with van der Waals surface area (Å²) >= 11 is 1.31. The Morgan fingerprint density at radius 1 is 1.44 bits per heavy atom. The highest BCUT2D eigenvalue weighted by Crippen LogP contribution is 2.37. The van der Waals surface area contributed by atoms with Crippen molar-refractivity contribution in [2.45, 2.75) is 19.9 Å². The number of anilines is 2. The van der Waals surface area contributed by atoms with E-state index in [0.717, 1.165) is 10.6 Å². The van der Waals surface area contributed by atoms with Gasteiger partial charge in [0.05, 0.1) is 6.61 Å². The summed E-state index contributed by atoms with van der Waals surface area (Å²) in [6, 6.07) is 4.09. The van der Waals surface area contributed by atoms with Crippen molar-refractivity contribution in [2.24, 2.45) is 0 Å². The van der Waals surface area contributed by atoms with Crippen LogP contribution in [-0.2, 0) is 0 Å². The minimum atomic E-state index is 0.145. The van der Waals surface area contributed by atoms with E-state index in [9.17, 15) is 0 Å². The molecular weight excluding hydrogens is 248 g/mol. The van der Waals surface area contributed by atoms with E-state index in [1.54, 1.807) is 12.4 Å². The van der Waals surface area contributed by atoms with Crippen LogP contribution < -0.4 is 15.8 Å².